The molecular formula is C16H19N3O3. The lowest BCUT2D eigenvalue weighted by atomic mass is 10.2. The van der Waals surface area contributed by atoms with Crippen molar-refractivity contribution in [2.45, 2.75) is 32.6 Å². The lowest BCUT2D eigenvalue weighted by Gasteiger charge is -2.35. The Balaban J connectivity index is 1.82. The molecule has 116 valence electrons. The lowest BCUT2D eigenvalue weighted by Crippen LogP contribution is -2.49. The van der Waals surface area contributed by atoms with Crippen LogP contribution in [0.25, 0.3) is 10.9 Å². The van der Waals surface area contributed by atoms with Crippen molar-refractivity contribution in [2.24, 2.45) is 0 Å². The van der Waals surface area contributed by atoms with Gasteiger partial charge in [-0.3, -0.25) is 14.2 Å². The molecule has 22 heavy (non-hydrogen) atoms. The molecule has 6 heteroatoms. The molecule has 1 saturated heterocycles. The topological polar surface area (TPSA) is 64.4 Å². The minimum atomic E-state index is -0.187. The molecule has 3 rings (SSSR count). The van der Waals surface area contributed by atoms with Crippen molar-refractivity contribution in [3.8, 4) is 0 Å². The molecule has 1 amide bonds. The van der Waals surface area contributed by atoms with Gasteiger partial charge in [0.25, 0.3) is 5.56 Å². The van der Waals surface area contributed by atoms with Gasteiger partial charge in [-0.1, -0.05) is 12.1 Å². The number of nitrogens with zero attached hydrogens (tertiary/aromatic N) is 3. The lowest BCUT2D eigenvalue weighted by molar-refractivity contribution is -0.143. The molecule has 0 saturated carbocycles. The van der Waals surface area contributed by atoms with Gasteiger partial charge in [-0.25, -0.2) is 4.98 Å². The second-order valence-electron chi connectivity index (χ2n) is 5.75. The molecule has 0 spiro atoms. The number of morpholine rings is 1. The first-order valence-corrected chi connectivity index (χ1v) is 7.42. The second kappa shape index (κ2) is 5.88. The third kappa shape index (κ3) is 2.87. The van der Waals surface area contributed by atoms with Crippen molar-refractivity contribution in [3.05, 3.63) is 40.9 Å². The van der Waals surface area contributed by atoms with E-state index in [1.807, 2.05) is 19.9 Å². The summed E-state index contributed by atoms with van der Waals surface area (Å²) in [6.07, 6.45) is 1.47. The fourth-order valence-electron chi connectivity index (χ4n) is 2.85. The average Bonchev–Trinajstić information content (AvgIpc) is 2.49. The Kier molecular flexibility index (Phi) is 3.94. The van der Waals surface area contributed by atoms with Crippen molar-refractivity contribution in [1.82, 2.24) is 14.5 Å². The first-order chi connectivity index (χ1) is 10.5. The van der Waals surface area contributed by atoms with E-state index in [4.69, 9.17) is 4.74 Å². The first kappa shape index (κ1) is 14.7. The summed E-state index contributed by atoms with van der Waals surface area (Å²) in [7, 11) is 0. The zero-order valence-corrected chi connectivity index (χ0v) is 12.7. The molecule has 2 unspecified atom stereocenters. The van der Waals surface area contributed by atoms with E-state index in [-0.39, 0.29) is 30.2 Å². The highest BCUT2D eigenvalue weighted by molar-refractivity contribution is 5.79. The number of amides is 1. The summed E-state index contributed by atoms with van der Waals surface area (Å²) in [4.78, 5) is 30.8. The van der Waals surface area contributed by atoms with E-state index < -0.39 is 0 Å². The molecule has 0 bridgehead atoms. The van der Waals surface area contributed by atoms with Gasteiger partial charge in [-0.2, -0.15) is 0 Å². The molecule has 1 aromatic heterocycles. The SMILES string of the molecule is CC1CN(C(=O)Cn2cnc3ccccc3c2=O)CC(C)O1. The van der Waals surface area contributed by atoms with Crippen LogP contribution in [0.1, 0.15) is 13.8 Å². The maximum atomic E-state index is 12.4. The number of rotatable bonds is 2. The fourth-order valence-corrected chi connectivity index (χ4v) is 2.85. The summed E-state index contributed by atoms with van der Waals surface area (Å²) in [5.74, 6) is -0.0822. The van der Waals surface area contributed by atoms with Crippen molar-refractivity contribution in [2.75, 3.05) is 13.1 Å². The highest BCUT2D eigenvalue weighted by Gasteiger charge is 2.26. The van der Waals surface area contributed by atoms with Gasteiger partial charge >= 0.3 is 0 Å². The van der Waals surface area contributed by atoms with Crippen molar-refractivity contribution < 1.29 is 9.53 Å². The van der Waals surface area contributed by atoms with Crippen LogP contribution in [0.5, 0.6) is 0 Å². The van der Waals surface area contributed by atoms with Gasteiger partial charge in [-0.05, 0) is 26.0 Å². The Hall–Kier alpha value is -2.21. The van der Waals surface area contributed by atoms with Crippen LogP contribution < -0.4 is 5.56 Å². The van der Waals surface area contributed by atoms with Gasteiger partial charge in [0.05, 0.1) is 29.4 Å². The van der Waals surface area contributed by atoms with Gasteiger partial charge in [0.2, 0.25) is 5.91 Å². The van der Waals surface area contributed by atoms with E-state index in [0.29, 0.717) is 24.0 Å². The molecule has 0 aliphatic carbocycles. The smallest absolute Gasteiger partial charge is 0.261 e. The van der Waals surface area contributed by atoms with Crippen LogP contribution in [0.4, 0.5) is 0 Å². The standard InChI is InChI=1S/C16H19N3O3/c1-11-7-18(8-12(2)22-11)15(20)9-19-10-17-14-6-4-3-5-13(14)16(19)21/h3-6,10-12H,7-9H2,1-2H3. The molecule has 1 aliphatic rings. The predicted octanol–water partition coefficient (Wildman–Crippen LogP) is 1.03. The van der Waals surface area contributed by atoms with Crippen molar-refractivity contribution >= 4 is 16.8 Å². The largest absolute Gasteiger partial charge is 0.372 e. The Morgan fingerprint density at radius 3 is 2.68 bits per heavy atom. The van der Waals surface area contributed by atoms with Crippen LogP contribution in [0.3, 0.4) is 0 Å². The van der Waals surface area contributed by atoms with Gasteiger partial charge in [-0.15, -0.1) is 0 Å². The van der Waals surface area contributed by atoms with Gasteiger partial charge in [0.1, 0.15) is 6.54 Å². The quantitative estimate of drug-likeness (QED) is 0.831. The monoisotopic (exact) mass is 301 g/mol. The van der Waals surface area contributed by atoms with Gasteiger partial charge < -0.3 is 9.64 Å². The zero-order chi connectivity index (χ0) is 15.7. The molecule has 0 radical (unpaired) electrons. The van der Waals surface area contributed by atoms with E-state index in [1.165, 1.54) is 10.9 Å². The van der Waals surface area contributed by atoms with Crippen LogP contribution in [-0.2, 0) is 16.1 Å². The van der Waals surface area contributed by atoms with Crippen LogP contribution >= 0.6 is 0 Å². The molecule has 1 fully saturated rings. The summed E-state index contributed by atoms with van der Waals surface area (Å²) >= 11 is 0. The van der Waals surface area contributed by atoms with Crippen molar-refractivity contribution in [1.29, 1.82) is 0 Å². The predicted molar refractivity (Wildman–Crippen MR) is 82.6 cm³/mol. The number of carbonyl (C=O) groups excluding carboxylic acids is 1. The summed E-state index contributed by atoms with van der Waals surface area (Å²) in [5.41, 5.74) is 0.457. The first-order valence-electron chi connectivity index (χ1n) is 7.42. The Bertz CT molecular complexity index is 746. The summed E-state index contributed by atoms with van der Waals surface area (Å²) in [6, 6.07) is 7.14. The number of hydrogen-bond acceptors (Lipinski definition) is 4. The number of ether oxygens (including phenoxy) is 1. The van der Waals surface area contributed by atoms with Crippen LogP contribution in [0.15, 0.2) is 35.4 Å². The molecule has 6 nitrogen and oxygen atoms in total. The fraction of sp³-hybridized carbons (Fsp3) is 0.438. The van der Waals surface area contributed by atoms with Gasteiger partial charge in [0.15, 0.2) is 0 Å². The normalized spacial score (nSPS) is 22.0. The average molecular weight is 301 g/mol. The highest BCUT2D eigenvalue weighted by Crippen LogP contribution is 2.11. The Labute approximate surface area is 128 Å². The molecule has 1 aliphatic heterocycles. The molecule has 2 atom stereocenters. The van der Waals surface area contributed by atoms with E-state index in [1.54, 1.807) is 23.1 Å². The third-order valence-electron chi connectivity index (χ3n) is 3.81. The molecule has 1 aromatic carbocycles. The molecule has 2 heterocycles. The summed E-state index contributed by atoms with van der Waals surface area (Å²) < 4.78 is 6.99. The van der Waals surface area contributed by atoms with Gasteiger partial charge in [0, 0.05) is 13.1 Å². The zero-order valence-electron chi connectivity index (χ0n) is 12.7. The summed E-state index contributed by atoms with van der Waals surface area (Å²) in [5, 5.41) is 0.529. The maximum Gasteiger partial charge on any atom is 0.261 e. The number of para-hydroxylation sites is 1. The van der Waals surface area contributed by atoms with Crippen LogP contribution in [0, 0.1) is 0 Å². The number of benzene rings is 1. The number of carbonyl (C=O) groups is 1. The van der Waals surface area contributed by atoms with Crippen LogP contribution in [0.2, 0.25) is 0 Å². The molecular weight excluding hydrogens is 282 g/mol. The van der Waals surface area contributed by atoms with E-state index >= 15 is 0 Å². The minimum absolute atomic E-state index is 0.0100. The third-order valence-corrected chi connectivity index (χ3v) is 3.81. The molecule has 2 aromatic rings. The minimum Gasteiger partial charge on any atom is -0.372 e. The highest BCUT2D eigenvalue weighted by atomic mass is 16.5. The number of aromatic nitrogens is 2. The van der Waals surface area contributed by atoms with Crippen LogP contribution in [-0.4, -0.2) is 45.7 Å². The molecule has 0 N–H and O–H groups in total. The van der Waals surface area contributed by atoms with Crippen molar-refractivity contribution in [3.63, 3.8) is 0 Å². The maximum absolute atomic E-state index is 12.4. The van der Waals surface area contributed by atoms with E-state index in [9.17, 15) is 9.59 Å². The summed E-state index contributed by atoms with van der Waals surface area (Å²) in [6.45, 7) is 5.01. The Morgan fingerprint density at radius 1 is 1.27 bits per heavy atom. The number of fused-ring (bicyclic) bond motifs is 1. The van der Waals surface area contributed by atoms with E-state index in [2.05, 4.69) is 4.98 Å². The van der Waals surface area contributed by atoms with E-state index in [0.717, 1.165) is 0 Å². The second-order valence-corrected chi connectivity index (χ2v) is 5.75. The number of hydrogen-bond donors (Lipinski definition) is 0. The Morgan fingerprint density at radius 2 is 1.95 bits per heavy atom.